The van der Waals surface area contributed by atoms with Gasteiger partial charge in [0.25, 0.3) is 0 Å². The number of amides is 1. The Hall–Kier alpha value is -1.51. The molecule has 1 amide bonds. The largest absolute Gasteiger partial charge is 0.508 e. The molecule has 3 nitrogen and oxygen atoms in total. The lowest BCUT2D eigenvalue weighted by Gasteiger charge is -2.07. The highest BCUT2D eigenvalue weighted by atomic mass is 16.3. The van der Waals surface area contributed by atoms with Crippen LogP contribution in [0.2, 0.25) is 0 Å². The second-order valence-corrected chi connectivity index (χ2v) is 2.17. The van der Waals surface area contributed by atoms with Crippen molar-refractivity contribution in [3.05, 3.63) is 24.3 Å². The van der Waals surface area contributed by atoms with Gasteiger partial charge in [0.05, 0.1) is 0 Å². The molecule has 0 unspecified atom stereocenters. The number of aromatic hydroxyl groups is 1. The third-order valence-electron chi connectivity index (χ3n) is 1.37. The van der Waals surface area contributed by atoms with Crippen molar-refractivity contribution >= 4 is 12.1 Å². The fourth-order valence-electron chi connectivity index (χ4n) is 0.729. The zero-order chi connectivity index (χ0) is 8.27. The predicted octanol–water partition coefficient (Wildman–Crippen LogP) is 0.896. The third kappa shape index (κ3) is 1.70. The standard InChI is InChI=1S/C8H8NO2/c1-9(6-10)7-2-4-8(11)5-3-7/h2-5,11H,1H3. The Morgan fingerprint density at radius 1 is 1.36 bits per heavy atom. The topological polar surface area (TPSA) is 40.5 Å². The maximum Gasteiger partial charge on any atom is 0.316 e. The molecule has 0 aromatic heterocycles. The van der Waals surface area contributed by atoms with Gasteiger partial charge in [-0.15, -0.1) is 0 Å². The SMILES string of the molecule is CN([C]=O)c1ccc(O)cc1. The summed E-state index contributed by atoms with van der Waals surface area (Å²) in [4.78, 5) is 11.4. The second-order valence-electron chi connectivity index (χ2n) is 2.17. The van der Waals surface area contributed by atoms with Crippen LogP contribution in [0.15, 0.2) is 24.3 Å². The molecule has 11 heavy (non-hydrogen) atoms. The van der Waals surface area contributed by atoms with E-state index in [1.165, 1.54) is 17.0 Å². The fourth-order valence-corrected chi connectivity index (χ4v) is 0.729. The molecule has 57 valence electrons. The molecular formula is C8H8NO2. The average Bonchev–Trinajstić information content (AvgIpc) is 2.05. The summed E-state index contributed by atoms with van der Waals surface area (Å²) in [6, 6.07) is 6.31. The summed E-state index contributed by atoms with van der Waals surface area (Å²) in [6.45, 7) is 0. The van der Waals surface area contributed by atoms with Crippen molar-refractivity contribution in [1.29, 1.82) is 0 Å². The van der Waals surface area contributed by atoms with Crippen LogP contribution in [0.25, 0.3) is 0 Å². The van der Waals surface area contributed by atoms with Crippen molar-refractivity contribution in [3.8, 4) is 5.75 Å². The van der Waals surface area contributed by atoms with Gasteiger partial charge in [-0.25, -0.2) is 0 Å². The van der Waals surface area contributed by atoms with Gasteiger partial charge in [-0.2, -0.15) is 0 Å². The van der Waals surface area contributed by atoms with Crippen molar-refractivity contribution in [2.75, 3.05) is 11.9 Å². The first-order valence-electron chi connectivity index (χ1n) is 3.14. The zero-order valence-electron chi connectivity index (χ0n) is 6.11. The van der Waals surface area contributed by atoms with E-state index in [0.717, 1.165) is 0 Å². The summed E-state index contributed by atoms with van der Waals surface area (Å²) < 4.78 is 0. The van der Waals surface area contributed by atoms with Crippen LogP contribution in [0.5, 0.6) is 5.75 Å². The molecule has 0 saturated carbocycles. The number of hydrogen-bond acceptors (Lipinski definition) is 2. The van der Waals surface area contributed by atoms with E-state index in [1.807, 2.05) is 0 Å². The molecule has 0 heterocycles. The van der Waals surface area contributed by atoms with Crippen LogP contribution in [0, 0.1) is 0 Å². The number of anilines is 1. The van der Waals surface area contributed by atoms with Crippen molar-refractivity contribution < 1.29 is 9.90 Å². The number of rotatable bonds is 2. The molecule has 3 heteroatoms. The van der Waals surface area contributed by atoms with E-state index in [9.17, 15) is 4.79 Å². The Labute approximate surface area is 64.9 Å². The summed E-state index contributed by atoms with van der Waals surface area (Å²) in [6.07, 6.45) is 1.70. The number of benzene rings is 1. The minimum absolute atomic E-state index is 0.188. The number of nitrogens with zero attached hydrogens (tertiary/aromatic N) is 1. The first-order chi connectivity index (χ1) is 5.24. The summed E-state index contributed by atoms with van der Waals surface area (Å²) in [5, 5.41) is 8.89. The van der Waals surface area contributed by atoms with Crippen LogP contribution in [-0.2, 0) is 4.79 Å². The second kappa shape index (κ2) is 3.05. The molecule has 1 aromatic rings. The van der Waals surface area contributed by atoms with E-state index in [1.54, 1.807) is 25.6 Å². The monoisotopic (exact) mass is 150 g/mol. The van der Waals surface area contributed by atoms with Gasteiger partial charge in [0.1, 0.15) is 5.75 Å². The highest BCUT2D eigenvalue weighted by molar-refractivity contribution is 5.74. The molecular weight excluding hydrogens is 142 g/mol. The molecule has 0 fully saturated rings. The van der Waals surface area contributed by atoms with E-state index < -0.39 is 0 Å². The Bertz CT molecular complexity index is 243. The van der Waals surface area contributed by atoms with E-state index in [4.69, 9.17) is 5.11 Å². The molecule has 0 aliphatic rings. The molecule has 1 rings (SSSR count). The fraction of sp³-hybridized carbons (Fsp3) is 0.125. The maximum atomic E-state index is 10.1. The summed E-state index contributed by atoms with van der Waals surface area (Å²) in [7, 11) is 1.60. The van der Waals surface area contributed by atoms with E-state index in [2.05, 4.69) is 0 Å². The lowest BCUT2D eigenvalue weighted by molar-refractivity contribution is 0.475. The summed E-state index contributed by atoms with van der Waals surface area (Å²) >= 11 is 0. The first-order valence-corrected chi connectivity index (χ1v) is 3.14. The predicted molar refractivity (Wildman–Crippen MR) is 42.2 cm³/mol. The Morgan fingerprint density at radius 2 is 1.91 bits per heavy atom. The highest BCUT2D eigenvalue weighted by Crippen LogP contribution is 2.15. The number of hydrogen-bond donors (Lipinski definition) is 1. The van der Waals surface area contributed by atoms with E-state index in [0.29, 0.717) is 5.69 Å². The highest BCUT2D eigenvalue weighted by Gasteiger charge is 1.97. The molecule has 0 aliphatic carbocycles. The summed E-state index contributed by atoms with van der Waals surface area (Å²) in [5.74, 6) is 0.188. The Kier molecular flexibility index (Phi) is 2.11. The van der Waals surface area contributed by atoms with Crippen molar-refractivity contribution in [1.82, 2.24) is 0 Å². The smallest absolute Gasteiger partial charge is 0.316 e. The van der Waals surface area contributed by atoms with Crippen LogP contribution in [-0.4, -0.2) is 18.6 Å². The van der Waals surface area contributed by atoms with E-state index >= 15 is 0 Å². The van der Waals surface area contributed by atoms with Gasteiger partial charge < -0.3 is 10.0 Å². The number of carbonyl (C=O) groups excluding carboxylic acids is 1. The van der Waals surface area contributed by atoms with Gasteiger partial charge in [-0.1, -0.05) is 0 Å². The van der Waals surface area contributed by atoms with Gasteiger partial charge >= 0.3 is 6.41 Å². The van der Waals surface area contributed by atoms with Crippen LogP contribution in [0.4, 0.5) is 5.69 Å². The van der Waals surface area contributed by atoms with Crippen molar-refractivity contribution in [2.24, 2.45) is 0 Å². The van der Waals surface area contributed by atoms with Gasteiger partial charge in [-0.05, 0) is 24.3 Å². The molecule has 1 N–H and O–H groups in total. The van der Waals surface area contributed by atoms with Crippen LogP contribution in [0.1, 0.15) is 0 Å². The van der Waals surface area contributed by atoms with Crippen LogP contribution >= 0.6 is 0 Å². The van der Waals surface area contributed by atoms with Crippen molar-refractivity contribution in [2.45, 2.75) is 0 Å². The lowest BCUT2D eigenvalue weighted by atomic mass is 10.3. The number of phenolic OH excluding ortho intramolecular Hbond substituents is 1. The van der Waals surface area contributed by atoms with Crippen LogP contribution in [0.3, 0.4) is 0 Å². The molecule has 0 atom stereocenters. The maximum absolute atomic E-state index is 10.1. The van der Waals surface area contributed by atoms with Gasteiger partial charge in [0, 0.05) is 12.7 Å². The normalized spacial score (nSPS) is 9.18. The minimum atomic E-state index is 0.188. The number of phenols is 1. The van der Waals surface area contributed by atoms with Gasteiger partial charge in [0.15, 0.2) is 0 Å². The molecule has 0 aliphatic heterocycles. The molecule has 0 saturated heterocycles. The van der Waals surface area contributed by atoms with Crippen molar-refractivity contribution in [3.63, 3.8) is 0 Å². The molecule has 1 radical (unpaired) electrons. The average molecular weight is 150 g/mol. The van der Waals surface area contributed by atoms with Gasteiger partial charge in [-0.3, -0.25) is 4.79 Å². The first kappa shape index (κ1) is 7.60. The Morgan fingerprint density at radius 3 is 2.36 bits per heavy atom. The lowest BCUT2D eigenvalue weighted by Crippen LogP contribution is -2.12. The zero-order valence-corrected chi connectivity index (χ0v) is 6.11. The molecule has 0 bridgehead atoms. The minimum Gasteiger partial charge on any atom is -0.508 e. The van der Waals surface area contributed by atoms with E-state index in [-0.39, 0.29) is 5.75 Å². The van der Waals surface area contributed by atoms with Gasteiger partial charge in [0.2, 0.25) is 0 Å². The molecule has 1 aromatic carbocycles. The third-order valence-corrected chi connectivity index (χ3v) is 1.37. The summed E-state index contributed by atoms with van der Waals surface area (Å²) in [5.41, 5.74) is 0.706. The Balaban J connectivity index is 2.89. The van der Waals surface area contributed by atoms with Crippen LogP contribution < -0.4 is 4.90 Å². The quantitative estimate of drug-likeness (QED) is 0.636. The molecule has 0 spiro atoms.